The highest BCUT2D eigenvalue weighted by molar-refractivity contribution is 5.94. The lowest BCUT2D eigenvalue weighted by molar-refractivity contribution is 0.0934. The molecule has 1 aliphatic rings. The molecule has 2 rings (SSSR count). The lowest BCUT2D eigenvalue weighted by Crippen LogP contribution is -2.43. The zero-order chi connectivity index (χ0) is 12.3. The van der Waals surface area contributed by atoms with Gasteiger partial charge in [-0.1, -0.05) is 6.07 Å². The van der Waals surface area contributed by atoms with Crippen molar-refractivity contribution < 1.29 is 4.79 Å². The molecule has 0 bridgehead atoms. The zero-order valence-electron chi connectivity index (χ0n) is 9.52. The third kappa shape index (κ3) is 2.63. The molecule has 0 saturated heterocycles. The van der Waals surface area contributed by atoms with E-state index in [0.29, 0.717) is 11.1 Å². The van der Waals surface area contributed by atoms with Gasteiger partial charge in [0.1, 0.15) is 0 Å². The first-order valence-corrected chi connectivity index (χ1v) is 5.77. The van der Waals surface area contributed by atoms with Gasteiger partial charge in [0.2, 0.25) is 0 Å². The van der Waals surface area contributed by atoms with E-state index in [4.69, 9.17) is 11.0 Å². The molecule has 1 aromatic carbocycles. The maximum Gasteiger partial charge on any atom is 0.251 e. The normalized spacial score (nSPS) is 23.1. The van der Waals surface area contributed by atoms with E-state index in [-0.39, 0.29) is 18.0 Å². The molecule has 0 aliphatic heterocycles. The van der Waals surface area contributed by atoms with Gasteiger partial charge in [-0.25, -0.2) is 0 Å². The van der Waals surface area contributed by atoms with Crippen molar-refractivity contribution in [1.29, 1.82) is 5.26 Å². The second-order valence-electron chi connectivity index (χ2n) is 4.37. The molecule has 0 aromatic heterocycles. The van der Waals surface area contributed by atoms with Crippen LogP contribution in [0.5, 0.6) is 0 Å². The van der Waals surface area contributed by atoms with Crippen LogP contribution >= 0.6 is 0 Å². The van der Waals surface area contributed by atoms with Gasteiger partial charge in [-0.05, 0) is 37.5 Å². The molecule has 0 spiro atoms. The molecule has 1 saturated carbocycles. The van der Waals surface area contributed by atoms with Crippen LogP contribution in [-0.2, 0) is 0 Å². The first kappa shape index (κ1) is 11.6. The molecule has 3 N–H and O–H groups in total. The third-order valence-corrected chi connectivity index (χ3v) is 3.14. The highest BCUT2D eigenvalue weighted by atomic mass is 16.1. The molecule has 1 aromatic rings. The molecule has 1 aliphatic carbocycles. The van der Waals surface area contributed by atoms with E-state index in [1.54, 1.807) is 24.3 Å². The molecule has 2 unspecified atom stereocenters. The second kappa shape index (κ2) is 4.98. The van der Waals surface area contributed by atoms with Crippen molar-refractivity contribution in [1.82, 2.24) is 5.32 Å². The van der Waals surface area contributed by atoms with Crippen molar-refractivity contribution in [3.05, 3.63) is 35.4 Å². The summed E-state index contributed by atoms with van der Waals surface area (Å²) in [4.78, 5) is 11.9. The molecule has 1 fully saturated rings. The minimum absolute atomic E-state index is 0.0538. The van der Waals surface area contributed by atoms with Crippen LogP contribution in [0.25, 0.3) is 0 Å². The molecule has 2 atom stereocenters. The molecule has 0 radical (unpaired) electrons. The van der Waals surface area contributed by atoms with Crippen LogP contribution in [0.15, 0.2) is 24.3 Å². The second-order valence-corrected chi connectivity index (χ2v) is 4.37. The van der Waals surface area contributed by atoms with E-state index in [0.717, 1.165) is 19.3 Å². The predicted molar refractivity (Wildman–Crippen MR) is 64.2 cm³/mol. The maximum absolute atomic E-state index is 11.9. The Kier molecular flexibility index (Phi) is 3.40. The first-order valence-electron chi connectivity index (χ1n) is 5.77. The Balaban J connectivity index is 2.07. The summed E-state index contributed by atoms with van der Waals surface area (Å²) < 4.78 is 0. The highest BCUT2D eigenvalue weighted by Gasteiger charge is 2.25. The fourth-order valence-electron chi connectivity index (χ4n) is 2.15. The number of benzene rings is 1. The fraction of sp³-hybridized carbons (Fsp3) is 0.385. The minimum Gasteiger partial charge on any atom is -0.348 e. The number of nitriles is 1. The molecular weight excluding hydrogens is 214 g/mol. The molecule has 88 valence electrons. The van der Waals surface area contributed by atoms with Gasteiger partial charge >= 0.3 is 0 Å². The average Bonchev–Trinajstić information content (AvgIpc) is 2.75. The summed E-state index contributed by atoms with van der Waals surface area (Å²) in [6.07, 6.45) is 2.96. The number of hydrogen-bond donors (Lipinski definition) is 2. The third-order valence-electron chi connectivity index (χ3n) is 3.14. The van der Waals surface area contributed by atoms with E-state index in [2.05, 4.69) is 5.32 Å². The summed E-state index contributed by atoms with van der Waals surface area (Å²) in [7, 11) is 0. The van der Waals surface area contributed by atoms with Gasteiger partial charge in [0.15, 0.2) is 0 Å². The number of carbonyl (C=O) groups is 1. The Labute approximate surface area is 100 Å². The number of carbonyl (C=O) groups excluding carboxylic acids is 1. The van der Waals surface area contributed by atoms with Crippen LogP contribution in [0, 0.1) is 11.3 Å². The lowest BCUT2D eigenvalue weighted by atomic mass is 10.1. The summed E-state index contributed by atoms with van der Waals surface area (Å²) in [6, 6.07) is 8.82. The van der Waals surface area contributed by atoms with E-state index in [1.807, 2.05) is 6.07 Å². The number of nitrogens with two attached hydrogens (primary N) is 1. The van der Waals surface area contributed by atoms with Crippen LogP contribution in [0.3, 0.4) is 0 Å². The lowest BCUT2D eigenvalue weighted by Gasteiger charge is -2.17. The van der Waals surface area contributed by atoms with E-state index < -0.39 is 0 Å². The Bertz CT molecular complexity index is 464. The average molecular weight is 229 g/mol. The number of nitrogens with one attached hydrogen (secondary N) is 1. The Morgan fingerprint density at radius 3 is 2.94 bits per heavy atom. The van der Waals surface area contributed by atoms with Gasteiger partial charge in [0, 0.05) is 17.6 Å². The van der Waals surface area contributed by atoms with Crippen molar-refractivity contribution >= 4 is 5.91 Å². The molecule has 0 heterocycles. The van der Waals surface area contributed by atoms with E-state index >= 15 is 0 Å². The molecule has 4 nitrogen and oxygen atoms in total. The molecule has 17 heavy (non-hydrogen) atoms. The monoisotopic (exact) mass is 229 g/mol. The Morgan fingerprint density at radius 1 is 1.47 bits per heavy atom. The van der Waals surface area contributed by atoms with Crippen LogP contribution in [0.4, 0.5) is 0 Å². The molecular formula is C13H15N3O. The van der Waals surface area contributed by atoms with E-state index in [9.17, 15) is 4.79 Å². The largest absolute Gasteiger partial charge is 0.348 e. The van der Waals surface area contributed by atoms with Crippen molar-refractivity contribution in [2.45, 2.75) is 31.3 Å². The topological polar surface area (TPSA) is 78.9 Å². The number of amides is 1. The molecule has 1 amide bonds. The maximum atomic E-state index is 11.9. The van der Waals surface area contributed by atoms with Crippen molar-refractivity contribution in [2.75, 3.05) is 0 Å². The summed E-state index contributed by atoms with van der Waals surface area (Å²) in [5.74, 6) is -0.149. The smallest absolute Gasteiger partial charge is 0.251 e. The fourth-order valence-corrected chi connectivity index (χ4v) is 2.15. The highest BCUT2D eigenvalue weighted by Crippen LogP contribution is 2.17. The van der Waals surface area contributed by atoms with Gasteiger partial charge in [-0.15, -0.1) is 0 Å². The van der Waals surface area contributed by atoms with Gasteiger partial charge in [0.05, 0.1) is 11.6 Å². The van der Waals surface area contributed by atoms with Crippen LogP contribution in [0.2, 0.25) is 0 Å². The van der Waals surface area contributed by atoms with Crippen molar-refractivity contribution in [3.63, 3.8) is 0 Å². The number of nitrogens with zero attached hydrogens (tertiary/aromatic N) is 1. The first-order chi connectivity index (χ1) is 8.20. The summed E-state index contributed by atoms with van der Waals surface area (Å²) in [5, 5.41) is 11.7. The van der Waals surface area contributed by atoms with Gasteiger partial charge in [-0.2, -0.15) is 5.26 Å². The number of rotatable bonds is 2. The summed E-state index contributed by atoms with van der Waals surface area (Å²) in [6.45, 7) is 0. The Morgan fingerprint density at radius 2 is 2.29 bits per heavy atom. The van der Waals surface area contributed by atoms with Crippen LogP contribution < -0.4 is 11.1 Å². The van der Waals surface area contributed by atoms with Crippen LogP contribution in [0.1, 0.15) is 35.2 Å². The van der Waals surface area contributed by atoms with E-state index in [1.165, 1.54) is 0 Å². The minimum atomic E-state index is -0.149. The summed E-state index contributed by atoms with van der Waals surface area (Å²) >= 11 is 0. The quantitative estimate of drug-likeness (QED) is 0.799. The standard InChI is InChI=1S/C13H15N3O/c14-8-9-3-1-4-10(7-9)13(17)16-12-6-2-5-11(12)15/h1,3-4,7,11-12H,2,5-6,15H2,(H,16,17). The molecule has 4 heteroatoms. The van der Waals surface area contributed by atoms with Gasteiger partial charge in [-0.3, -0.25) is 4.79 Å². The van der Waals surface area contributed by atoms with Crippen molar-refractivity contribution in [3.8, 4) is 6.07 Å². The summed E-state index contributed by atoms with van der Waals surface area (Å²) in [5.41, 5.74) is 6.91. The predicted octanol–water partition coefficient (Wildman–Crippen LogP) is 1.17. The number of hydrogen-bond acceptors (Lipinski definition) is 3. The van der Waals surface area contributed by atoms with Gasteiger partial charge in [0.25, 0.3) is 5.91 Å². The zero-order valence-corrected chi connectivity index (χ0v) is 9.52. The SMILES string of the molecule is N#Cc1cccc(C(=O)NC2CCCC2N)c1. The Hall–Kier alpha value is -1.86. The van der Waals surface area contributed by atoms with Crippen molar-refractivity contribution in [2.24, 2.45) is 5.73 Å². The van der Waals surface area contributed by atoms with Crippen LogP contribution in [-0.4, -0.2) is 18.0 Å². The van der Waals surface area contributed by atoms with Gasteiger partial charge < -0.3 is 11.1 Å².